The fourth-order valence-corrected chi connectivity index (χ4v) is 3.15. The Balaban J connectivity index is 2.52. The van der Waals surface area contributed by atoms with Crippen LogP contribution in [0.25, 0.3) is 10.8 Å². The molecule has 2 aromatic rings. The maximum Gasteiger partial charge on any atom is 0.126 e. The summed E-state index contributed by atoms with van der Waals surface area (Å²) in [5.41, 5.74) is 1.04. The second-order valence-electron chi connectivity index (χ2n) is 5.55. The normalized spacial score (nSPS) is 13.8. The van der Waals surface area contributed by atoms with Crippen molar-refractivity contribution in [3.05, 3.63) is 42.0 Å². The van der Waals surface area contributed by atoms with Crippen molar-refractivity contribution in [3.63, 3.8) is 0 Å². The van der Waals surface area contributed by atoms with Crippen molar-refractivity contribution in [2.75, 3.05) is 0 Å². The highest BCUT2D eigenvalue weighted by Gasteiger charge is 2.16. The number of benzene rings is 2. The quantitative estimate of drug-likeness (QED) is 0.880. The van der Waals surface area contributed by atoms with Crippen molar-refractivity contribution in [1.29, 1.82) is 0 Å². The predicted molar refractivity (Wildman–Crippen MR) is 78.0 cm³/mol. The van der Waals surface area contributed by atoms with Gasteiger partial charge in [0.15, 0.2) is 0 Å². The highest BCUT2D eigenvalue weighted by atomic mass is 32.2. The Morgan fingerprint density at radius 2 is 1.61 bits per heavy atom. The molecule has 1 unspecified atom stereocenters. The number of hydrogen-bond donors (Lipinski definition) is 1. The van der Waals surface area contributed by atoms with Crippen LogP contribution in [0.4, 0.5) is 0 Å². The molecule has 0 spiro atoms. The summed E-state index contributed by atoms with van der Waals surface area (Å²) in [6.07, 6.45) is 0. The van der Waals surface area contributed by atoms with Crippen LogP contribution in [0, 0.1) is 6.92 Å². The molecule has 1 N–H and O–H groups in total. The Morgan fingerprint density at radius 3 is 2.22 bits per heavy atom. The lowest BCUT2D eigenvalue weighted by atomic mass is 10.1. The Kier molecular flexibility index (Phi) is 3.55. The first kappa shape index (κ1) is 13.2. The van der Waals surface area contributed by atoms with Gasteiger partial charge in [-0.25, -0.2) is 8.93 Å². The number of nitrogens with one attached hydrogen (secondary N) is 1. The molecule has 0 bridgehead atoms. The monoisotopic (exact) mass is 261 g/mol. The predicted octanol–water partition coefficient (Wildman–Crippen LogP) is 3.56. The summed E-state index contributed by atoms with van der Waals surface area (Å²) in [5.74, 6) is 0. The molecule has 18 heavy (non-hydrogen) atoms. The minimum atomic E-state index is -1.19. The van der Waals surface area contributed by atoms with Crippen molar-refractivity contribution >= 4 is 21.8 Å². The first-order valence-corrected chi connectivity index (χ1v) is 7.21. The molecule has 2 aromatic carbocycles. The minimum absolute atomic E-state index is 0.170. The van der Waals surface area contributed by atoms with Gasteiger partial charge in [0.05, 0.1) is 4.90 Å². The molecule has 1 atom stereocenters. The van der Waals surface area contributed by atoms with Gasteiger partial charge in [0, 0.05) is 5.54 Å². The molecule has 0 aliphatic rings. The third-order valence-corrected chi connectivity index (χ3v) is 4.25. The van der Waals surface area contributed by atoms with Gasteiger partial charge in [-0.15, -0.1) is 0 Å². The van der Waals surface area contributed by atoms with E-state index in [4.69, 9.17) is 0 Å². The van der Waals surface area contributed by atoms with Gasteiger partial charge in [0.25, 0.3) is 0 Å². The second-order valence-corrected chi connectivity index (χ2v) is 6.73. The van der Waals surface area contributed by atoms with Crippen LogP contribution in [0.5, 0.6) is 0 Å². The van der Waals surface area contributed by atoms with Gasteiger partial charge in [0.2, 0.25) is 0 Å². The van der Waals surface area contributed by atoms with E-state index in [0.29, 0.717) is 0 Å². The van der Waals surface area contributed by atoms with Crippen LogP contribution in [0.15, 0.2) is 41.3 Å². The van der Waals surface area contributed by atoms with E-state index in [0.717, 1.165) is 10.3 Å². The van der Waals surface area contributed by atoms with Crippen LogP contribution in [-0.4, -0.2) is 9.75 Å². The molecule has 0 heterocycles. The van der Waals surface area contributed by atoms with Crippen molar-refractivity contribution in [1.82, 2.24) is 4.72 Å². The van der Waals surface area contributed by atoms with E-state index in [1.165, 1.54) is 10.9 Å². The third kappa shape index (κ3) is 2.79. The lowest BCUT2D eigenvalue weighted by Gasteiger charge is -2.20. The molecular formula is C15H19NOS. The lowest BCUT2D eigenvalue weighted by molar-refractivity contribution is 0.520. The third-order valence-electron chi connectivity index (χ3n) is 2.70. The van der Waals surface area contributed by atoms with Gasteiger partial charge in [-0.2, -0.15) is 0 Å². The molecule has 3 heteroatoms. The van der Waals surface area contributed by atoms with Crippen molar-refractivity contribution in [3.8, 4) is 0 Å². The van der Waals surface area contributed by atoms with E-state index >= 15 is 0 Å². The summed E-state index contributed by atoms with van der Waals surface area (Å²) >= 11 is 0. The van der Waals surface area contributed by atoms with Gasteiger partial charge in [-0.3, -0.25) is 0 Å². The Hall–Kier alpha value is -1.19. The molecule has 0 amide bonds. The van der Waals surface area contributed by atoms with Gasteiger partial charge in [0.1, 0.15) is 11.0 Å². The average molecular weight is 261 g/mol. The molecule has 0 aliphatic heterocycles. The van der Waals surface area contributed by atoms with E-state index < -0.39 is 11.0 Å². The van der Waals surface area contributed by atoms with E-state index in [-0.39, 0.29) is 5.54 Å². The largest absolute Gasteiger partial charge is 0.237 e. The zero-order chi connectivity index (χ0) is 13.3. The summed E-state index contributed by atoms with van der Waals surface area (Å²) in [7, 11) is -1.19. The van der Waals surface area contributed by atoms with Crippen LogP contribution in [0.3, 0.4) is 0 Å². The van der Waals surface area contributed by atoms with Crippen LogP contribution in [-0.2, 0) is 11.0 Å². The van der Waals surface area contributed by atoms with Crippen LogP contribution >= 0.6 is 0 Å². The van der Waals surface area contributed by atoms with Gasteiger partial charge < -0.3 is 0 Å². The molecule has 0 saturated heterocycles. The topological polar surface area (TPSA) is 29.1 Å². The highest BCUT2D eigenvalue weighted by molar-refractivity contribution is 7.83. The summed E-state index contributed by atoms with van der Waals surface area (Å²) in [6.45, 7) is 8.12. The Labute approximate surface area is 111 Å². The average Bonchev–Trinajstić information content (AvgIpc) is 2.27. The van der Waals surface area contributed by atoms with Crippen LogP contribution in [0.2, 0.25) is 0 Å². The maximum absolute atomic E-state index is 12.4. The molecule has 96 valence electrons. The molecule has 0 saturated carbocycles. The highest BCUT2D eigenvalue weighted by Crippen LogP contribution is 2.24. The molecule has 0 fully saturated rings. The fourth-order valence-electron chi connectivity index (χ4n) is 1.92. The van der Waals surface area contributed by atoms with Crippen molar-refractivity contribution in [2.24, 2.45) is 0 Å². The molecule has 0 radical (unpaired) electrons. The number of hydrogen-bond acceptors (Lipinski definition) is 1. The lowest BCUT2D eigenvalue weighted by Crippen LogP contribution is -2.37. The van der Waals surface area contributed by atoms with Crippen LogP contribution < -0.4 is 4.72 Å². The van der Waals surface area contributed by atoms with E-state index in [9.17, 15) is 4.21 Å². The number of rotatable bonds is 2. The summed E-state index contributed by atoms with van der Waals surface area (Å²) in [5, 5.41) is 2.23. The molecule has 0 aliphatic carbocycles. The fraction of sp³-hybridized carbons (Fsp3) is 0.333. The first-order chi connectivity index (χ1) is 8.38. The summed E-state index contributed by atoms with van der Waals surface area (Å²) in [6, 6.07) is 12.1. The minimum Gasteiger partial charge on any atom is -0.237 e. The molecular weight excluding hydrogens is 242 g/mol. The Morgan fingerprint density at radius 1 is 1.00 bits per heavy atom. The summed E-state index contributed by atoms with van der Waals surface area (Å²) in [4.78, 5) is 0.853. The Bertz CT molecular complexity index is 599. The van der Waals surface area contributed by atoms with Crippen LogP contribution in [0.1, 0.15) is 26.3 Å². The molecule has 2 nitrogen and oxygen atoms in total. The van der Waals surface area contributed by atoms with Gasteiger partial charge in [-0.05, 0) is 50.1 Å². The molecule has 0 aromatic heterocycles. The van der Waals surface area contributed by atoms with Crippen molar-refractivity contribution in [2.45, 2.75) is 38.1 Å². The SMILES string of the molecule is Cc1ccc(S(=O)NC(C)(C)C)c2ccccc12. The van der Waals surface area contributed by atoms with Gasteiger partial charge >= 0.3 is 0 Å². The standard InChI is InChI=1S/C15H19NOS/c1-11-9-10-14(18(17)16-15(2,3)4)13-8-6-5-7-12(11)13/h5-10,16H,1-4H3. The summed E-state index contributed by atoms with van der Waals surface area (Å²) < 4.78 is 15.5. The van der Waals surface area contributed by atoms with E-state index in [1.54, 1.807) is 0 Å². The smallest absolute Gasteiger partial charge is 0.126 e. The maximum atomic E-state index is 12.4. The zero-order valence-corrected chi connectivity index (χ0v) is 12.1. The van der Waals surface area contributed by atoms with Gasteiger partial charge in [-0.1, -0.05) is 30.3 Å². The van der Waals surface area contributed by atoms with E-state index in [2.05, 4.69) is 17.7 Å². The number of fused-ring (bicyclic) bond motifs is 1. The number of aryl methyl sites for hydroxylation is 1. The van der Waals surface area contributed by atoms with Crippen molar-refractivity contribution < 1.29 is 4.21 Å². The first-order valence-electron chi connectivity index (χ1n) is 6.06. The zero-order valence-electron chi connectivity index (χ0n) is 11.3. The van der Waals surface area contributed by atoms with E-state index in [1.807, 2.05) is 51.1 Å². The second kappa shape index (κ2) is 4.82. The molecule has 2 rings (SSSR count).